The Morgan fingerprint density at radius 1 is 1.69 bits per heavy atom. The average Bonchev–Trinajstić information content (AvgIpc) is 2.84. The standard InChI is InChI=1S/C9H11N5O2/c1-14-5-6(4-11-14)3-10-9(16)7-2-8(15)13-12-7/h4-5H,2-3H2,1H3,(H,10,16)(H,13,15). The second kappa shape index (κ2) is 4.13. The zero-order chi connectivity index (χ0) is 11.5. The first-order chi connectivity index (χ1) is 7.65. The number of aromatic nitrogens is 2. The SMILES string of the molecule is Cn1cc(CNC(=O)C2=NNC(=O)C2)cn1. The van der Waals surface area contributed by atoms with Crippen molar-refractivity contribution in [2.75, 3.05) is 0 Å². The van der Waals surface area contributed by atoms with Gasteiger partial charge in [-0.3, -0.25) is 14.3 Å². The molecule has 0 spiro atoms. The molecular formula is C9H11N5O2. The molecular weight excluding hydrogens is 210 g/mol. The number of aryl methyl sites for hydroxylation is 1. The van der Waals surface area contributed by atoms with E-state index in [0.29, 0.717) is 6.54 Å². The van der Waals surface area contributed by atoms with E-state index >= 15 is 0 Å². The summed E-state index contributed by atoms with van der Waals surface area (Å²) in [5.74, 6) is -0.589. The van der Waals surface area contributed by atoms with Gasteiger partial charge in [-0.2, -0.15) is 10.2 Å². The highest BCUT2D eigenvalue weighted by atomic mass is 16.2. The van der Waals surface area contributed by atoms with Crippen LogP contribution in [-0.2, 0) is 23.2 Å². The van der Waals surface area contributed by atoms with Crippen LogP contribution in [-0.4, -0.2) is 27.3 Å². The molecule has 1 aliphatic heterocycles. The van der Waals surface area contributed by atoms with Crippen molar-refractivity contribution in [2.45, 2.75) is 13.0 Å². The summed E-state index contributed by atoms with van der Waals surface area (Å²) in [5.41, 5.74) is 3.34. The fourth-order valence-corrected chi connectivity index (χ4v) is 1.34. The van der Waals surface area contributed by atoms with Crippen LogP contribution in [0.2, 0.25) is 0 Å². The lowest BCUT2D eigenvalue weighted by Gasteiger charge is -2.00. The average molecular weight is 221 g/mol. The first kappa shape index (κ1) is 10.3. The van der Waals surface area contributed by atoms with E-state index in [1.807, 2.05) is 0 Å². The number of rotatable bonds is 3. The highest BCUT2D eigenvalue weighted by Gasteiger charge is 2.20. The van der Waals surface area contributed by atoms with Crippen molar-refractivity contribution in [1.82, 2.24) is 20.5 Å². The summed E-state index contributed by atoms with van der Waals surface area (Å²) < 4.78 is 1.65. The minimum atomic E-state index is -0.331. The third-order valence-corrected chi connectivity index (χ3v) is 2.12. The Hall–Kier alpha value is -2.18. The highest BCUT2D eigenvalue weighted by Crippen LogP contribution is 1.98. The minimum Gasteiger partial charge on any atom is -0.347 e. The predicted molar refractivity (Wildman–Crippen MR) is 55.2 cm³/mol. The van der Waals surface area contributed by atoms with E-state index in [9.17, 15) is 9.59 Å². The van der Waals surface area contributed by atoms with Gasteiger partial charge in [0.05, 0.1) is 12.6 Å². The first-order valence-electron chi connectivity index (χ1n) is 4.76. The van der Waals surface area contributed by atoms with Crippen molar-refractivity contribution < 1.29 is 9.59 Å². The Balaban J connectivity index is 1.87. The molecule has 0 unspecified atom stereocenters. The molecule has 16 heavy (non-hydrogen) atoms. The van der Waals surface area contributed by atoms with E-state index in [2.05, 4.69) is 20.9 Å². The van der Waals surface area contributed by atoms with Crippen molar-refractivity contribution in [3.8, 4) is 0 Å². The van der Waals surface area contributed by atoms with Gasteiger partial charge in [0.15, 0.2) is 0 Å². The van der Waals surface area contributed by atoms with Crippen LogP contribution in [0, 0.1) is 0 Å². The molecule has 0 atom stereocenters. The molecule has 0 aromatic carbocycles. The molecule has 1 aromatic heterocycles. The van der Waals surface area contributed by atoms with Crippen molar-refractivity contribution in [1.29, 1.82) is 0 Å². The molecule has 2 rings (SSSR count). The maximum absolute atomic E-state index is 11.5. The van der Waals surface area contributed by atoms with Gasteiger partial charge in [-0.05, 0) is 0 Å². The Bertz CT molecular complexity index is 462. The summed E-state index contributed by atoms with van der Waals surface area (Å²) in [6, 6.07) is 0. The van der Waals surface area contributed by atoms with Crippen molar-refractivity contribution >= 4 is 17.5 Å². The molecule has 7 heteroatoms. The summed E-state index contributed by atoms with van der Waals surface area (Å²) in [7, 11) is 1.80. The molecule has 2 N–H and O–H groups in total. The molecule has 0 fully saturated rings. The fourth-order valence-electron chi connectivity index (χ4n) is 1.34. The number of hydrogen-bond acceptors (Lipinski definition) is 4. The third kappa shape index (κ3) is 2.25. The van der Waals surface area contributed by atoms with Gasteiger partial charge in [0.2, 0.25) is 5.91 Å². The first-order valence-corrected chi connectivity index (χ1v) is 4.76. The molecule has 0 aliphatic carbocycles. The number of hydrogen-bond donors (Lipinski definition) is 2. The van der Waals surface area contributed by atoms with Crippen molar-refractivity contribution in [2.24, 2.45) is 12.1 Å². The second-order valence-electron chi connectivity index (χ2n) is 3.48. The largest absolute Gasteiger partial charge is 0.347 e. The zero-order valence-electron chi connectivity index (χ0n) is 8.73. The number of nitrogens with zero attached hydrogens (tertiary/aromatic N) is 3. The van der Waals surface area contributed by atoms with Crippen LogP contribution in [0.25, 0.3) is 0 Å². The molecule has 0 saturated carbocycles. The Morgan fingerprint density at radius 3 is 3.06 bits per heavy atom. The van der Waals surface area contributed by atoms with Gasteiger partial charge >= 0.3 is 0 Å². The normalized spacial score (nSPS) is 14.6. The quantitative estimate of drug-likeness (QED) is 0.680. The van der Waals surface area contributed by atoms with Crippen molar-refractivity contribution in [3.63, 3.8) is 0 Å². The van der Waals surface area contributed by atoms with Crippen LogP contribution in [0.3, 0.4) is 0 Å². The van der Waals surface area contributed by atoms with Gasteiger partial charge in [-0.15, -0.1) is 0 Å². The number of nitrogens with one attached hydrogen (secondary N) is 2. The Kier molecular flexibility index (Phi) is 2.67. The molecule has 7 nitrogen and oxygen atoms in total. The van der Waals surface area contributed by atoms with Crippen LogP contribution >= 0.6 is 0 Å². The van der Waals surface area contributed by atoms with Gasteiger partial charge in [0, 0.05) is 25.4 Å². The summed E-state index contributed by atoms with van der Waals surface area (Å²) in [5, 5.41) is 10.3. The molecule has 0 bridgehead atoms. The van der Waals surface area contributed by atoms with Crippen LogP contribution in [0.15, 0.2) is 17.5 Å². The highest BCUT2D eigenvalue weighted by molar-refractivity contribution is 6.43. The number of carbonyl (C=O) groups excluding carboxylic acids is 2. The molecule has 2 heterocycles. The summed E-state index contributed by atoms with van der Waals surface area (Å²) in [6.45, 7) is 0.375. The lowest BCUT2D eigenvalue weighted by molar-refractivity contribution is -0.120. The molecule has 0 radical (unpaired) electrons. The van der Waals surface area contributed by atoms with E-state index in [0.717, 1.165) is 5.56 Å². The molecule has 2 amide bonds. The molecule has 0 saturated heterocycles. The minimum absolute atomic E-state index is 0.0405. The van der Waals surface area contributed by atoms with Crippen LogP contribution < -0.4 is 10.7 Å². The lowest BCUT2D eigenvalue weighted by atomic mass is 10.2. The molecule has 1 aromatic rings. The number of hydrazone groups is 1. The van der Waals surface area contributed by atoms with Gasteiger partial charge in [0.1, 0.15) is 5.71 Å². The maximum atomic E-state index is 11.5. The van der Waals surface area contributed by atoms with E-state index < -0.39 is 0 Å². The van der Waals surface area contributed by atoms with Gasteiger partial charge in [-0.25, -0.2) is 5.43 Å². The lowest BCUT2D eigenvalue weighted by Crippen LogP contribution is -2.29. The summed E-state index contributed by atoms with van der Waals surface area (Å²) >= 11 is 0. The third-order valence-electron chi connectivity index (χ3n) is 2.12. The van der Waals surface area contributed by atoms with Crippen molar-refractivity contribution in [3.05, 3.63) is 18.0 Å². The smallest absolute Gasteiger partial charge is 0.268 e. The van der Waals surface area contributed by atoms with E-state index in [1.165, 1.54) is 0 Å². The van der Waals surface area contributed by atoms with E-state index in [1.54, 1.807) is 24.1 Å². The van der Waals surface area contributed by atoms with Crippen LogP contribution in [0.4, 0.5) is 0 Å². The number of carbonyl (C=O) groups is 2. The Morgan fingerprint density at radius 2 is 2.50 bits per heavy atom. The van der Waals surface area contributed by atoms with Gasteiger partial charge in [0.25, 0.3) is 5.91 Å². The van der Waals surface area contributed by atoms with Crippen LogP contribution in [0.1, 0.15) is 12.0 Å². The maximum Gasteiger partial charge on any atom is 0.268 e. The van der Waals surface area contributed by atoms with E-state index in [-0.39, 0.29) is 23.9 Å². The predicted octanol–water partition coefficient (Wildman–Crippen LogP) is -1.09. The number of amides is 2. The van der Waals surface area contributed by atoms with Crippen LogP contribution in [0.5, 0.6) is 0 Å². The second-order valence-corrected chi connectivity index (χ2v) is 3.48. The topological polar surface area (TPSA) is 88.4 Å². The monoisotopic (exact) mass is 221 g/mol. The van der Waals surface area contributed by atoms with Gasteiger partial charge < -0.3 is 5.32 Å². The summed E-state index contributed by atoms with van der Waals surface area (Å²) in [6.07, 6.45) is 3.51. The fraction of sp³-hybridized carbons (Fsp3) is 0.333. The molecule has 84 valence electrons. The van der Waals surface area contributed by atoms with Gasteiger partial charge in [-0.1, -0.05) is 0 Å². The summed E-state index contributed by atoms with van der Waals surface area (Å²) in [4.78, 5) is 22.3. The van der Waals surface area contributed by atoms with E-state index in [4.69, 9.17) is 0 Å². The molecule has 1 aliphatic rings. The zero-order valence-corrected chi connectivity index (χ0v) is 8.73. The Labute approximate surface area is 91.5 Å².